The van der Waals surface area contributed by atoms with Crippen molar-refractivity contribution >= 4 is 5.91 Å². The number of carbonyl (C=O) groups is 1. The Morgan fingerprint density at radius 1 is 1.29 bits per heavy atom. The van der Waals surface area contributed by atoms with Gasteiger partial charge in [0.15, 0.2) is 0 Å². The molecule has 0 aliphatic heterocycles. The van der Waals surface area contributed by atoms with E-state index < -0.39 is 18.2 Å². The Bertz CT molecular complexity index is 537. The van der Waals surface area contributed by atoms with Crippen molar-refractivity contribution in [3.63, 3.8) is 0 Å². The molecule has 1 aromatic carbocycles. The summed E-state index contributed by atoms with van der Waals surface area (Å²) < 4.78 is 28.8. The third kappa shape index (κ3) is 2.27. The van der Waals surface area contributed by atoms with E-state index in [0.29, 0.717) is 11.1 Å². The number of hydrogen-bond donors (Lipinski definition) is 1. The number of primary amides is 1. The Hall–Kier alpha value is -2.31. The molecule has 0 aliphatic carbocycles. The molecular formula is C10H7F2N3O2. The summed E-state index contributed by atoms with van der Waals surface area (Å²) in [6.07, 6.45) is -2.80. The van der Waals surface area contributed by atoms with Gasteiger partial charge in [0.05, 0.1) is 0 Å². The molecular weight excluding hydrogens is 232 g/mol. The zero-order valence-corrected chi connectivity index (χ0v) is 8.43. The molecule has 1 heterocycles. The first-order valence-electron chi connectivity index (χ1n) is 4.60. The van der Waals surface area contributed by atoms with Gasteiger partial charge < -0.3 is 10.3 Å². The topological polar surface area (TPSA) is 82.0 Å². The van der Waals surface area contributed by atoms with E-state index in [2.05, 4.69) is 14.7 Å². The fraction of sp³-hybridized carbons (Fsp3) is 0.100. The molecule has 0 unspecified atom stereocenters. The maximum absolute atomic E-state index is 12.2. The van der Waals surface area contributed by atoms with Gasteiger partial charge in [-0.1, -0.05) is 17.3 Å². The summed E-state index contributed by atoms with van der Waals surface area (Å²) in [5, 5.41) is 3.40. The molecule has 1 aromatic heterocycles. The maximum atomic E-state index is 12.2. The lowest BCUT2D eigenvalue weighted by Gasteiger charge is -1.96. The molecule has 0 saturated heterocycles. The van der Waals surface area contributed by atoms with Crippen LogP contribution in [0.25, 0.3) is 11.4 Å². The zero-order valence-electron chi connectivity index (χ0n) is 8.43. The van der Waals surface area contributed by atoms with Gasteiger partial charge in [0.2, 0.25) is 11.7 Å². The fourth-order valence-corrected chi connectivity index (χ4v) is 1.22. The van der Waals surface area contributed by atoms with Gasteiger partial charge in [-0.05, 0) is 12.1 Å². The minimum atomic E-state index is -2.80. The summed E-state index contributed by atoms with van der Waals surface area (Å²) in [5.41, 5.74) is 5.83. The van der Waals surface area contributed by atoms with Crippen molar-refractivity contribution in [2.45, 2.75) is 6.43 Å². The van der Waals surface area contributed by atoms with E-state index in [0.717, 1.165) is 0 Å². The standard InChI is InChI=1S/C10H7F2N3O2/c11-7(12)10-14-9(15-17-10)6-3-1-5(2-4-6)8(13)16/h1-4,7H,(H2,13,16). The third-order valence-corrected chi connectivity index (χ3v) is 2.06. The predicted octanol–water partition coefficient (Wildman–Crippen LogP) is 1.77. The Morgan fingerprint density at radius 2 is 1.94 bits per heavy atom. The second-order valence-electron chi connectivity index (χ2n) is 3.20. The Labute approximate surface area is 94.2 Å². The molecule has 0 saturated carbocycles. The van der Waals surface area contributed by atoms with Gasteiger partial charge in [-0.2, -0.15) is 13.8 Å². The number of nitrogens with two attached hydrogens (primary N) is 1. The van der Waals surface area contributed by atoms with Crippen LogP contribution >= 0.6 is 0 Å². The molecule has 2 aromatic rings. The minimum absolute atomic E-state index is 0.0383. The first-order chi connectivity index (χ1) is 8.08. The number of benzene rings is 1. The van der Waals surface area contributed by atoms with E-state index in [9.17, 15) is 13.6 Å². The first kappa shape index (κ1) is 11.2. The highest BCUT2D eigenvalue weighted by atomic mass is 19.3. The van der Waals surface area contributed by atoms with Crippen LogP contribution in [-0.2, 0) is 0 Å². The van der Waals surface area contributed by atoms with Gasteiger partial charge >= 0.3 is 6.43 Å². The highest BCUT2D eigenvalue weighted by Crippen LogP contribution is 2.21. The van der Waals surface area contributed by atoms with Crippen molar-refractivity contribution in [2.24, 2.45) is 5.73 Å². The molecule has 0 atom stereocenters. The van der Waals surface area contributed by atoms with Crippen LogP contribution in [0.5, 0.6) is 0 Å². The molecule has 0 aliphatic rings. The normalized spacial score (nSPS) is 10.8. The second-order valence-corrected chi connectivity index (χ2v) is 3.20. The number of amides is 1. The van der Waals surface area contributed by atoms with Gasteiger partial charge in [-0.15, -0.1) is 0 Å². The number of hydrogen-bond acceptors (Lipinski definition) is 4. The van der Waals surface area contributed by atoms with E-state index >= 15 is 0 Å². The molecule has 2 rings (SSSR count). The van der Waals surface area contributed by atoms with Crippen LogP contribution in [0.4, 0.5) is 8.78 Å². The van der Waals surface area contributed by atoms with Crippen molar-refractivity contribution in [2.75, 3.05) is 0 Å². The maximum Gasteiger partial charge on any atom is 0.315 e. The molecule has 0 fully saturated rings. The summed E-state index contributed by atoms with van der Waals surface area (Å²) >= 11 is 0. The molecule has 7 heteroatoms. The molecule has 1 amide bonds. The van der Waals surface area contributed by atoms with Crippen molar-refractivity contribution in [3.8, 4) is 11.4 Å². The fourth-order valence-electron chi connectivity index (χ4n) is 1.22. The van der Waals surface area contributed by atoms with Crippen LogP contribution < -0.4 is 5.73 Å². The zero-order chi connectivity index (χ0) is 12.4. The quantitative estimate of drug-likeness (QED) is 0.884. The monoisotopic (exact) mass is 239 g/mol. The highest BCUT2D eigenvalue weighted by molar-refractivity contribution is 5.93. The number of alkyl halides is 2. The van der Waals surface area contributed by atoms with Crippen molar-refractivity contribution in [1.82, 2.24) is 10.1 Å². The SMILES string of the molecule is NC(=O)c1ccc(-c2noc(C(F)F)n2)cc1. The van der Waals surface area contributed by atoms with Crippen LogP contribution in [0.15, 0.2) is 28.8 Å². The molecule has 5 nitrogen and oxygen atoms in total. The molecule has 0 spiro atoms. The average molecular weight is 239 g/mol. The van der Waals surface area contributed by atoms with Crippen LogP contribution in [0, 0.1) is 0 Å². The average Bonchev–Trinajstić information content (AvgIpc) is 2.78. The number of rotatable bonds is 3. The van der Waals surface area contributed by atoms with Crippen LogP contribution in [-0.4, -0.2) is 16.0 Å². The molecule has 17 heavy (non-hydrogen) atoms. The summed E-state index contributed by atoms with van der Waals surface area (Å²) in [5.74, 6) is -1.27. The highest BCUT2D eigenvalue weighted by Gasteiger charge is 2.17. The molecule has 2 N–H and O–H groups in total. The van der Waals surface area contributed by atoms with Gasteiger partial charge in [0, 0.05) is 11.1 Å². The summed E-state index contributed by atoms with van der Waals surface area (Å²) in [6, 6.07) is 5.91. The van der Waals surface area contributed by atoms with Crippen molar-refractivity contribution in [3.05, 3.63) is 35.7 Å². The summed E-state index contributed by atoms with van der Waals surface area (Å²) in [4.78, 5) is 14.3. The van der Waals surface area contributed by atoms with Gasteiger partial charge in [0.1, 0.15) is 0 Å². The number of nitrogens with zero attached hydrogens (tertiary/aromatic N) is 2. The molecule has 0 bridgehead atoms. The van der Waals surface area contributed by atoms with Gasteiger partial charge in [0.25, 0.3) is 5.89 Å². The van der Waals surface area contributed by atoms with Crippen molar-refractivity contribution < 1.29 is 18.1 Å². The largest absolute Gasteiger partial charge is 0.366 e. The Morgan fingerprint density at radius 3 is 2.41 bits per heavy atom. The van der Waals surface area contributed by atoms with Gasteiger partial charge in [-0.25, -0.2) is 0 Å². The Balaban J connectivity index is 2.30. The second kappa shape index (κ2) is 4.28. The van der Waals surface area contributed by atoms with Crippen LogP contribution in [0.1, 0.15) is 22.7 Å². The third-order valence-electron chi connectivity index (χ3n) is 2.06. The van der Waals surface area contributed by atoms with Crippen LogP contribution in [0.2, 0.25) is 0 Å². The number of aromatic nitrogens is 2. The Kier molecular flexibility index (Phi) is 2.82. The number of halogens is 2. The van der Waals surface area contributed by atoms with Crippen molar-refractivity contribution in [1.29, 1.82) is 0 Å². The van der Waals surface area contributed by atoms with Gasteiger partial charge in [-0.3, -0.25) is 4.79 Å². The summed E-state index contributed by atoms with van der Waals surface area (Å²) in [6.45, 7) is 0. The van der Waals surface area contributed by atoms with E-state index in [1.165, 1.54) is 24.3 Å². The van der Waals surface area contributed by atoms with E-state index in [1.54, 1.807) is 0 Å². The smallest absolute Gasteiger partial charge is 0.315 e. The molecule has 0 radical (unpaired) electrons. The molecule has 88 valence electrons. The predicted molar refractivity (Wildman–Crippen MR) is 53.2 cm³/mol. The lowest BCUT2D eigenvalue weighted by Crippen LogP contribution is -2.10. The lowest BCUT2D eigenvalue weighted by molar-refractivity contribution is 0.1000. The minimum Gasteiger partial charge on any atom is -0.366 e. The number of carbonyl (C=O) groups excluding carboxylic acids is 1. The van der Waals surface area contributed by atoms with Crippen LogP contribution in [0.3, 0.4) is 0 Å². The van der Waals surface area contributed by atoms with E-state index in [-0.39, 0.29) is 5.82 Å². The summed E-state index contributed by atoms with van der Waals surface area (Å²) in [7, 11) is 0. The van der Waals surface area contributed by atoms with E-state index in [1.807, 2.05) is 0 Å². The lowest BCUT2D eigenvalue weighted by atomic mass is 10.1. The first-order valence-corrected chi connectivity index (χ1v) is 4.60. The van der Waals surface area contributed by atoms with E-state index in [4.69, 9.17) is 5.73 Å².